The molecular formula is C52H35NS. The molecule has 0 spiro atoms. The van der Waals surface area contributed by atoms with Crippen LogP contribution in [0.4, 0.5) is 17.1 Å². The van der Waals surface area contributed by atoms with Crippen LogP contribution >= 0.6 is 11.3 Å². The van der Waals surface area contributed by atoms with Gasteiger partial charge in [-0.2, -0.15) is 0 Å². The van der Waals surface area contributed by atoms with Gasteiger partial charge in [0.15, 0.2) is 0 Å². The van der Waals surface area contributed by atoms with Gasteiger partial charge in [0.05, 0.1) is 5.69 Å². The van der Waals surface area contributed by atoms with Crippen molar-refractivity contribution in [1.29, 1.82) is 0 Å². The standard InChI is InChI=1S/C52H35NS/c1-2-12-36(13-3-1)41-17-11-19-44(34-41)47-20-6-8-22-50(47)53(46-30-31-49-48-21-7-9-23-51(48)54-52(49)35-46)45-28-26-38(27-29-45)40-16-10-18-42(32-40)43-25-24-37-14-4-5-15-39(37)33-43/h1-35H. The zero-order valence-electron chi connectivity index (χ0n) is 29.6. The smallest absolute Gasteiger partial charge is 0.0540 e. The first-order chi connectivity index (χ1) is 26.7. The lowest BCUT2D eigenvalue weighted by molar-refractivity contribution is 1.29. The minimum Gasteiger partial charge on any atom is -0.310 e. The largest absolute Gasteiger partial charge is 0.310 e. The van der Waals surface area contributed by atoms with Crippen molar-refractivity contribution in [3.63, 3.8) is 0 Å². The Kier molecular flexibility index (Phi) is 8.09. The van der Waals surface area contributed by atoms with Gasteiger partial charge < -0.3 is 4.90 Å². The maximum atomic E-state index is 2.42. The number of rotatable bonds is 7. The van der Waals surface area contributed by atoms with E-state index < -0.39 is 0 Å². The summed E-state index contributed by atoms with van der Waals surface area (Å²) in [5.41, 5.74) is 13.0. The van der Waals surface area contributed by atoms with Crippen LogP contribution in [0.5, 0.6) is 0 Å². The first kappa shape index (κ1) is 32.0. The van der Waals surface area contributed by atoms with Gasteiger partial charge in [-0.05, 0) is 104 Å². The van der Waals surface area contributed by atoms with E-state index in [2.05, 4.69) is 217 Å². The van der Waals surface area contributed by atoms with E-state index in [0.717, 1.165) is 17.1 Å². The van der Waals surface area contributed by atoms with Gasteiger partial charge in [-0.3, -0.25) is 0 Å². The lowest BCUT2D eigenvalue weighted by atomic mass is 9.96. The molecule has 0 aliphatic heterocycles. The van der Waals surface area contributed by atoms with E-state index in [1.54, 1.807) is 0 Å². The fourth-order valence-corrected chi connectivity index (χ4v) is 8.88. The number of benzene rings is 9. The Morgan fingerprint density at radius 3 is 1.69 bits per heavy atom. The molecule has 0 saturated carbocycles. The molecule has 0 aliphatic carbocycles. The molecule has 0 saturated heterocycles. The third-order valence-corrected chi connectivity index (χ3v) is 11.6. The number of nitrogens with zero attached hydrogens (tertiary/aromatic N) is 1. The highest BCUT2D eigenvalue weighted by molar-refractivity contribution is 7.25. The first-order valence-corrected chi connectivity index (χ1v) is 19.2. The molecule has 0 N–H and O–H groups in total. The average molecular weight is 706 g/mol. The molecule has 1 heterocycles. The minimum absolute atomic E-state index is 1.11. The molecule has 254 valence electrons. The van der Waals surface area contributed by atoms with Gasteiger partial charge in [0.1, 0.15) is 0 Å². The summed E-state index contributed by atoms with van der Waals surface area (Å²) in [6.45, 7) is 0. The third kappa shape index (κ3) is 5.93. The van der Waals surface area contributed by atoms with E-state index >= 15 is 0 Å². The Labute approximate surface area is 319 Å². The number of hydrogen-bond donors (Lipinski definition) is 0. The van der Waals surface area contributed by atoms with Gasteiger partial charge in [0.25, 0.3) is 0 Å². The van der Waals surface area contributed by atoms with Gasteiger partial charge in [0.2, 0.25) is 0 Å². The second-order valence-corrected chi connectivity index (χ2v) is 14.9. The third-order valence-electron chi connectivity index (χ3n) is 10.5. The van der Waals surface area contributed by atoms with Crippen LogP contribution in [0.15, 0.2) is 212 Å². The van der Waals surface area contributed by atoms with Gasteiger partial charge in [0, 0.05) is 37.1 Å². The molecule has 1 nitrogen and oxygen atoms in total. The van der Waals surface area contributed by atoms with Gasteiger partial charge in [-0.1, -0.05) is 158 Å². The summed E-state index contributed by atoms with van der Waals surface area (Å²) in [7, 11) is 0. The molecule has 2 heteroatoms. The Morgan fingerprint density at radius 2 is 0.852 bits per heavy atom. The van der Waals surface area contributed by atoms with Crippen LogP contribution in [0.2, 0.25) is 0 Å². The lowest BCUT2D eigenvalue weighted by Crippen LogP contribution is -2.11. The average Bonchev–Trinajstić information content (AvgIpc) is 3.62. The van der Waals surface area contributed by atoms with Crippen LogP contribution < -0.4 is 4.90 Å². The number of para-hydroxylation sites is 1. The van der Waals surface area contributed by atoms with Crippen molar-refractivity contribution in [3.8, 4) is 44.5 Å². The molecule has 0 fully saturated rings. The Balaban J connectivity index is 1.08. The van der Waals surface area contributed by atoms with Gasteiger partial charge >= 0.3 is 0 Å². The van der Waals surface area contributed by atoms with Crippen LogP contribution in [-0.2, 0) is 0 Å². The number of anilines is 3. The predicted molar refractivity (Wildman–Crippen MR) is 233 cm³/mol. The van der Waals surface area contributed by atoms with Crippen LogP contribution in [0.1, 0.15) is 0 Å². The maximum absolute atomic E-state index is 2.42. The van der Waals surface area contributed by atoms with Crippen LogP contribution in [0.3, 0.4) is 0 Å². The number of hydrogen-bond acceptors (Lipinski definition) is 2. The summed E-state index contributed by atoms with van der Waals surface area (Å²) in [6, 6.07) is 77.2. The monoisotopic (exact) mass is 705 g/mol. The highest BCUT2D eigenvalue weighted by Gasteiger charge is 2.19. The van der Waals surface area contributed by atoms with Crippen LogP contribution in [0, 0.1) is 0 Å². The molecule has 0 aliphatic rings. The second kappa shape index (κ2) is 13.7. The Morgan fingerprint density at radius 1 is 0.296 bits per heavy atom. The maximum Gasteiger partial charge on any atom is 0.0540 e. The van der Waals surface area contributed by atoms with Crippen LogP contribution in [0.25, 0.3) is 75.5 Å². The molecule has 0 atom stereocenters. The molecule has 1 aromatic heterocycles. The molecule has 9 aromatic carbocycles. The zero-order chi connectivity index (χ0) is 35.8. The summed E-state index contributed by atoms with van der Waals surface area (Å²) in [6.07, 6.45) is 0. The topological polar surface area (TPSA) is 3.24 Å². The van der Waals surface area contributed by atoms with Crippen molar-refractivity contribution in [2.75, 3.05) is 4.90 Å². The van der Waals surface area contributed by atoms with E-state index in [0.29, 0.717) is 0 Å². The summed E-state index contributed by atoms with van der Waals surface area (Å²) in [5.74, 6) is 0. The van der Waals surface area contributed by atoms with E-state index in [1.807, 2.05) is 11.3 Å². The summed E-state index contributed by atoms with van der Waals surface area (Å²) < 4.78 is 2.59. The fraction of sp³-hybridized carbons (Fsp3) is 0. The van der Waals surface area contributed by atoms with Crippen molar-refractivity contribution in [3.05, 3.63) is 212 Å². The molecule has 10 rings (SSSR count). The summed E-state index contributed by atoms with van der Waals surface area (Å²) in [5, 5.41) is 5.12. The number of fused-ring (bicyclic) bond motifs is 4. The van der Waals surface area contributed by atoms with Crippen molar-refractivity contribution in [2.45, 2.75) is 0 Å². The molecule has 0 unspecified atom stereocenters. The van der Waals surface area contributed by atoms with E-state index in [-0.39, 0.29) is 0 Å². The van der Waals surface area contributed by atoms with E-state index in [4.69, 9.17) is 0 Å². The van der Waals surface area contributed by atoms with Crippen LogP contribution in [-0.4, -0.2) is 0 Å². The normalized spacial score (nSPS) is 11.3. The quantitative estimate of drug-likeness (QED) is 0.160. The SMILES string of the molecule is c1ccc(-c2cccc(-c3ccccc3N(c3ccc(-c4cccc(-c5ccc6ccccc6c5)c4)cc3)c3ccc4c(c3)sc3ccccc34)c2)cc1. The van der Waals surface area contributed by atoms with Gasteiger partial charge in [-0.25, -0.2) is 0 Å². The van der Waals surface area contributed by atoms with Crippen molar-refractivity contribution >= 4 is 59.3 Å². The molecular weight excluding hydrogens is 671 g/mol. The summed E-state index contributed by atoms with van der Waals surface area (Å²) >= 11 is 1.86. The molecule has 0 amide bonds. The second-order valence-electron chi connectivity index (χ2n) is 13.8. The fourth-order valence-electron chi connectivity index (χ4n) is 7.74. The van der Waals surface area contributed by atoms with Crippen molar-refractivity contribution < 1.29 is 0 Å². The molecule has 0 bridgehead atoms. The Bertz CT molecular complexity index is 2940. The van der Waals surface area contributed by atoms with Crippen molar-refractivity contribution in [1.82, 2.24) is 0 Å². The highest BCUT2D eigenvalue weighted by atomic mass is 32.1. The molecule has 10 aromatic rings. The number of thiophene rings is 1. The summed E-state index contributed by atoms with van der Waals surface area (Å²) in [4.78, 5) is 2.42. The Hall–Kier alpha value is -6.74. The molecule has 54 heavy (non-hydrogen) atoms. The van der Waals surface area contributed by atoms with E-state index in [1.165, 1.54) is 75.5 Å². The lowest BCUT2D eigenvalue weighted by Gasteiger charge is -2.28. The van der Waals surface area contributed by atoms with Gasteiger partial charge in [-0.15, -0.1) is 11.3 Å². The van der Waals surface area contributed by atoms with E-state index in [9.17, 15) is 0 Å². The minimum atomic E-state index is 1.11. The van der Waals surface area contributed by atoms with Crippen molar-refractivity contribution in [2.24, 2.45) is 0 Å². The molecule has 0 radical (unpaired) electrons. The highest BCUT2D eigenvalue weighted by Crippen LogP contribution is 2.44. The predicted octanol–water partition coefficient (Wildman–Crippen LogP) is 15.3. The first-order valence-electron chi connectivity index (χ1n) is 18.4. The zero-order valence-corrected chi connectivity index (χ0v) is 30.4.